The van der Waals surface area contributed by atoms with Gasteiger partial charge in [-0.05, 0) is 26.0 Å². The molecule has 0 atom stereocenters. The summed E-state index contributed by atoms with van der Waals surface area (Å²) in [5.41, 5.74) is 7.29. The van der Waals surface area contributed by atoms with Crippen LogP contribution in [0.25, 0.3) is 10.9 Å². The number of nitrogens with two attached hydrogens (primary N) is 1. The summed E-state index contributed by atoms with van der Waals surface area (Å²) in [6.45, 7) is 3.86. The van der Waals surface area contributed by atoms with E-state index in [1.165, 1.54) is 11.3 Å². The van der Waals surface area contributed by atoms with Crippen molar-refractivity contribution in [3.05, 3.63) is 46.5 Å². The topological polar surface area (TPSA) is 83.8 Å². The lowest BCUT2D eigenvalue weighted by Crippen LogP contribution is -2.41. The van der Waals surface area contributed by atoms with E-state index in [9.17, 15) is 4.79 Å². The van der Waals surface area contributed by atoms with Gasteiger partial charge < -0.3 is 16.0 Å². The van der Waals surface area contributed by atoms with Crippen molar-refractivity contribution in [1.29, 1.82) is 0 Å². The monoisotopic (exact) mass is 300 g/mol. The number of carbonyl (C=O) groups is 1. The lowest BCUT2D eigenvalue weighted by atomic mass is 10.1. The molecule has 0 saturated carbocycles. The van der Waals surface area contributed by atoms with Crippen LogP contribution in [-0.4, -0.2) is 15.9 Å². The van der Waals surface area contributed by atoms with E-state index in [1.807, 2.05) is 31.4 Å². The van der Waals surface area contributed by atoms with Crippen LogP contribution < -0.4 is 11.1 Å². The zero-order valence-corrected chi connectivity index (χ0v) is 12.6. The van der Waals surface area contributed by atoms with Gasteiger partial charge in [0.15, 0.2) is 0 Å². The number of fused-ring (bicyclic) bond motifs is 1. The van der Waals surface area contributed by atoms with E-state index in [1.54, 1.807) is 18.3 Å². The molecule has 3 aromatic rings. The number of carbonyl (C=O) groups excluding carboxylic acids is 1. The molecular weight excluding hydrogens is 284 g/mol. The third-order valence-corrected chi connectivity index (χ3v) is 4.42. The molecule has 0 fully saturated rings. The van der Waals surface area contributed by atoms with Crippen LogP contribution in [0.1, 0.15) is 29.3 Å². The molecule has 0 radical (unpaired) electrons. The Morgan fingerprint density at radius 3 is 2.90 bits per heavy atom. The maximum absolute atomic E-state index is 12.4. The maximum atomic E-state index is 12.4. The van der Waals surface area contributed by atoms with Crippen molar-refractivity contribution in [1.82, 2.24) is 15.3 Å². The first-order valence-corrected chi connectivity index (χ1v) is 7.45. The van der Waals surface area contributed by atoms with E-state index in [0.29, 0.717) is 11.4 Å². The third-order valence-electron chi connectivity index (χ3n) is 3.33. The largest absolute Gasteiger partial charge is 0.397 e. The fraction of sp³-hybridized carbons (Fsp3) is 0.200. The van der Waals surface area contributed by atoms with Crippen LogP contribution in [-0.2, 0) is 5.54 Å². The molecule has 0 spiro atoms. The van der Waals surface area contributed by atoms with Gasteiger partial charge in [-0.2, -0.15) is 0 Å². The minimum atomic E-state index is -0.520. The molecule has 0 bridgehead atoms. The summed E-state index contributed by atoms with van der Waals surface area (Å²) in [6.07, 6.45) is 1.73. The lowest BCUT2D eigenvalue weighted by Gasteiger charge is -2.23. The molecule has 0 aliphatic rings. The molecule has 5 nitrogen and oxygen atoms in total. The molecule has 0 aliphatic carbocycles. The standard InChI is InChI=1S/C15H16N4OS/c1-15(2,14-17-6-7-21-14)19-13(20)11-8-9-4-3-5-10(16)12(9)18-11/h3-8,18H,16H2,1-2H3,(H,19,20). The van der Waals surface area contributed by atoms with Crippen LogP contribution in [0.4, 0.5) is 5.69 Å². The van der Waals surface area contributed by atoms with E-state index in [2.05, 4.69) is 15.3 Å². The summed E-state index contributed by atoms with van der Waals surface area (Å²) in [5.74, 6) is -0.175. The normalized spacial score (nSPS) is 11.7. The molecule has 3 rings (SSSR count). The van der Waals surface area contributed by atoms with Gasteiger partial charge in [0, 0.05) is 17.0 Å². The second kappa shape index (κ2) is 4.89. The number of H-pyrrole nitrogens is 1. The zero-order valence-electron chi connectivity index (χ0n) is 11.8. The first-order chi connectivity index (χ1) is 9.97. The summed E-state index contributed by atoms with van der Waals surface area (Å²) in [5, 5.41) is 6.68. The minimum Gasteiger partial charge on any atom is -0.397 e. The van der Waals surface area contributed by atoms with Gasteiger partial charge in [-0.1, -0.05) is 12.1 Å². The number of rotatable bonds is 3. The Hall–Kier alpha value is -2.34. The molecule has 1 aromatic carbocycles. The van der Waals surface area contributed by atoms with Crippen LogP contribution in [0.3, 0.4) is 0 Å². The Bertz CT molecular complexity index is 789. The van der Waals surface area contributed by atoms with Gasteiger partial charge in [0.2, 0.25) is 0 Å². The third kappa shape index (κ3) is 2.50. The van der Waals surface area contributed by atoms with Crippen LogP contribution in [0.15, 0.2) is 35.8 Å². The number of aromatic nitrogens is 2. The number of para-hydroxylation sites is 1. The summed E-state index contributed by atoms with van der Waals surface area (Å²) < 4.78 is 0. The molecule has 2 heterocycles. The van der Waals surface area contributed by atoms with E-state index in [-0.39, 0.29) is 5.91 Å². The second-order valence-electron chi connectivity index (χ2n) is 5.41. The number of anilines is 1. The van der Waals surface area contributed by atoms with Crippen molar-refractivity contribution >= 4 is 33.8 Å². The van der Waals surface area contributed by atoms with Crippen LogP contribution in [0.5, 0.6) is 0 Å². The SMILES string of the molecule is CC(C)(NC(=O)c1cc2cccc(N)c2[nH]1)c1nccs1. The maximum Gasteiger partial charge on any atom is 0.268 e. The van der Waals surface area contributed by atoms with Crippen molar-refractivity contribution in [2.24, 2.45) is 0 Å². The van der Waals surface area contributed by atoms with E-state index in [4.69, 9.17) is 5.73 Å². The second-order valence-corrected chi connectivity index (χ2v) is 6.31. The fourth-order valence-electron chi connectivity index (χ4n) is 2.24. The molecule has 0 saturated heterocycles. The summed E-state index contributed by atoms with van der Waals surface area (Å²) in [7, 11) is 0. The van der Waals surface area contributed by atoms with Crippen molar-refractivity contribution in [3.63, 3.8) is 0 Å². The number of nitrogen functional groups attached to an aromatic ring is 1. The Labute approximate surface area is 126 Å². The summed E-state index contributed by atoms with van der Waals surface area (Å²) in [4.78, 5) is 19.8. The Morgan fingerprint density at radius 1 is 1.43 bits per heavy atom. The number of hydrogen-bond acceptors (Lipinski definition) is 4. The van der Waals surface area contributed by atoms with Crippen molar-refractivity contribution in [3.8, 4) is 0 Å². The Balaban J connectivity index is 1.89. The number of aromatic amines is 1. The summed E-state index contributed by atoms with van der Waals surface area (Å²) >= 11 is 1.52. The first-order valence-electron chi connectivity index (χ1n) is 6.57. The van der Waals surface area contributed by atoms with Crippen molar-refractivity contribution in [2.75, 3.05) is 5.73 Å². The Kier molecular flexibility index (Phi) is 3.17. The number of thiazole rings is 1. The molecule has 6 heteroatoms. The molecular formula is C15H16N4OS. The number of hydrogen-bond donors (Lipinski definition) is 3. The van der Waals surface area contributed by atoms with Gasteiger partial charge in [-0.25, -0.2) is 4.98 Å². The lowest BCUT2D eigenvalue weighted by molar-refractivity contribution is 0.0907. The van der Waals surface area contributed by atoms with Gasteiger partial charge in [0.25, 0.3) is 5.91 Å². The predicted octanol–water partition coefficient (Wildman–Crippen LogP) is 2.87. The molecule has 2 aromatic heterocycles. The van der Waals surface area contributed by atoms with Gasteiger partial charge in [-0.3, -0.25) is 4.79 Å². The highest BCUT2D eigenvalue weighted by molar-refractivity contribution is 7.09. The van der Waals surface area contributed by atoms with Crippen molar-refractivity contribution in [2.45, 2.75) is 19.4 Å². The highest BCUT2D eigenvalue weighted by Gasteiger charge is 2.26. The predicted molar refractivity (Wildman–Crippen MR) is 85.3 cm³/mol. The highest BCUT2D eigenvalue weighted by Crippen LogP contribution is 2.24. The fourth-order valence-corrected chi connectivity index (χ4v) is 2.96. The van der Waals surface area contributed by atoms with Crippen LogP contribution in [0, 0.1) is 0 Å². The van der Waals surface area contributed by atoms with E-state index < -0.39 is 5.54 Å². The average molecular weight is 300 g/mol. The Morgan fingerprint density at radius 2 is 2.24 bits per heavy atom. The molecule has 4 N–H and O–H groups in total. The van der Waals surface area contributed by atoms with E-state index >= 15 is 0 Å². The number of nitrogens with one attached hydrogen (secondary N) is 2. The van der Waals surface area contributed by atoms with E-state index in [0.717, 1.165) is 15.9 Å². The van der Waals surface area contributed by atoms with Gasteiger partial charge in [0.05, 0.1) is 16.7 Å². The number of benzene rings is 1. The summed E-state index contributed by atoms with van der Waals surface area (Å²) in [6, 6.07) is 7.40. The van der Waals surface area contributed by atoms with Gasteiger partial charge >= 0.3 is 0 Å². The minimum absolute atomic E-state index is 0.175. The van der Waals surface area contributed by atoms with Crippen molar-refractivity contribution < 1.29 is 4.79 Å². The average Bonchev–Trinajstić information content (AvgIpc) is 3.08. The molecule has 1 amide bonds. The molecule has 0 aliphatic heterocycles. The first kappa shape index (κ1) is 13.6. The smallest absolute Gasteiger partial charge is 0.268 e. The van der Waals surface area contributed by atoms with Gasteiger partial charge in [-0.15, -0.1) is 11.3 Å². The molecule has 21 heavy (non-hydrogen) atoms. The van der Waals surface area contributed by atoms with Crippen LogP contribution >= 0.6 is 11.3 Å². The zero-order chi connectivity index (χ0) is 15.0. The van der Waals surface area contributed by atoms with Gasteiger partial charge in [0.1, 0.15) is 10.7 Å². The number of amides is 1. The number of nitrogens with zero attached hydrogens (tertiary/aromatic N) is 1. The highest BCUT2D eigenvalue weighted by atomic mass is 32.1. The van der Waals surface area contributed by atoms with Crippen LogP contribution in [0.2, 0.25) is 0 Å². The molecule has 0 unspecified atom stereocenters. The quantitative estimate of drug-likeness (QED) is 0.650. The molecule has 108 valence electrons.